The lowest BCUT2D eigenvalue weighted by Crippen LogP contribution is -2.27. The van der Waals surface area contributed by atoms with Crippen molar-refractivity contribution >= 4 is 17.1 Å². The van der Waals surface area contributed by atoms with Gasteiger partial charge in [0, 0.05) is 28.8 Å². The van der Waals surface area contributed by atoms with E-state index < -0.39 is 0 Å². The molecule has 0 N–H and O–H groups in total. The fourth-order valence-corrected chi connectivity index (χ4v) is 3.60. The van der Waals surface area contributed by atoms with Crippen LogP contribution < -0.4 is 0 Å². The van der Waals surface area contributed by atoms with E-state index in [9.17, 15) is 4.79 Å². The van der Waals surface area contributed by atoms with Crippen molar-refractivity contribution < 1.29 is 4.79 Å². The van der Waals surface area contributed by atoms with Crippen LogP contribution in [0.5, 0.6) is 0 Å². The molecule has 2 aromatic heterocycles. The molecule has 1 aliphatic rings. The van der Waals surface area contributed by atoms with Gasteiger partial charge in [-0.2, -0.15) is 0 Å². The van der Waals surface area contributed by atoms with Crippen LogP contribution in [0.1, 0.15) is 46.9 Å². The van der Waals surface area contributed by atoms with E-state index in [-0.39, 0.29) is 11.2 Å². The molecule has 0 amide bonds. The first-order chi connectivity index (χ1) is 8.87. The first-order valence-corrected chi connectivity index (χ1v) is 7.37. The largest absolute Gasteiger partial charge is 0.296 e. The van der Waals surface area contributed by atoms with Crippen LogP contribution in [-0.2, 0) is 6.42 Å². The summed E-state index contributed by atoms with van der Waals surface area (Å²) in [6.07, 6.45) is 3.56. The maximum Gasteiger partial charge on any atom is 0.194 e. The normalized spacial score (nSPS) is 17.6. The average Bonchev–Trinajstić information content (AvgIpc) is 2.82. The Balaban J connectivity index is 2.13. The number of ketones is 1. The molecule has 0 unspecified atom stereocenters. The van der Waals surface area contributed by atoms with E-state index in [0.717, 1.165) is 28.5 Å². The Kier molecular flexibility index (Phi) is 2.68. The lowest BCUT2D eigenvalue weighted by molar-refractivity contribution is 0.0911. The number of carbonyl (C=O) groups is 1. The molecule has 0 bridgehead atoms. The Hall–Kier alpha value is -1.42. The second-order valence-corrected chi connectivity index (χ2v) is 7.31. The van der Waals surface area contributed by atoms with Crippen molar-refractivity contribution in [3.63, 3.8) is 0 Å². The van der Waals surface area contributed by atoms with Gasteiger partial charge in [0.1, 0.15) is 0 Å². The molecule has 100 valence electrons. The van der Waals surface area contributed by atoms with Crippen molar-refractivity contribution in [1.82, 2.24) is 9.55 Å². The van der Waals surface area contributed by atoms with Gasteiger partial charge in [0.25, 0.3) is 0 Å². The predicted molar refractivity (Wildman–Crippen MR) is 77.3 cm³/mol. The highest BCUT2D eigenvalue weighted by Crippen LogP contribution is 2.36. The van der Waals surface area contributed by atoms with Gasteiger partial charge in [-0.1, -0.05) is 13.8 Å². The lowest BCUT2D eigenvalue weighted by Gasteiger charge is -2.29. The van der Waals surface area contributed by atoms with Gasteiger partial charge in [0.05, 0.1) is 5.69 Å². The topological polar surface area (TPSA) is 34.9 Å². The highest BCUT2D eigenvalue weighted by molar-refractivity contribution is 7.14. The molecular formula is C15H18N2OS. The van der Waals surface area contributed by atoms with Gasteiger partial charge in [-0.25, -0.2) is 4.98 Å². The first-order valence-electron chi connectivity index (χ1n) is 6.55. The van der Waals surface area contributed by atoms with Crippen molar-refractivity contribution in [1.29, 1.82) is 0 Å². The van der Waals surface area contributed by atoms with Crippen LogP contribution in [-0.4, -0.2) is 15.3 Å². The summed E-state index contributed by atoms with van der Waals surface area (Å²) >= 11 is 1.69. The van der Waals surface area contributed by atoms with E-state index in [0.29, 0.717) is 6.42 Å². The maximum absolute atomic E-state index is 12.2. The second kappa shape index (κ2) is 4.04. The highest BCUT2D eigenvalue weighted by Gasteiger charge is 2.33. The summed E-state index contributed by atoms with van der Waals surface area (Å²) in [4.78, 5) is 18.0. The highest BCUT2D eigenvalue weighted by atomic mass is 32.1. The first kappa shape index (κ1) is 12.6. The minimum Gasteiger partial charge on any atom is -0.296 e. The number of aryl methyl sites for hydroxylation is 2. The van der Waals surface area contributed by atoms with Crippen LogP contribution in [0.15, 0.2) is 12.3 Å². The molecule has 0 radical (unpaired) electrons. The molecule has 3 nitrogen and oxygen atoms in total. The van der Waals surface area contributed by atoms with Crippen molar-refractivity contribution in [3.05, 3.63) is 34.1 Å². The van der Waals surface area contributed by atoms with Crippen molar-refractivity contribution in [2.45, 2.75) is 40.5 Å². The minimum atomic E-state index is 0.0432. The summed E-state index contributed by atoms with van der Waals surface area (Å²) in [6, 6.07) is 1.94. The van der Waals surface area contributed by atoms with Gasteiger partial charge in [-0.3, -0.25) is 9.36 Å². The summed E-state index contributed by atoms with van der Waals surface area (Å²) in [7, 11) is 0. The fraction of sp³-hybridized carbons (Fsp3) is 0.467. The molecule has 0 atom stereocenters. The van der Waals surface area contributed by atoms with Crippen LogP contribution >= 0.6 is 11.3 Å². The quantitative estimate of drug-likeness (QED) is 0.794. The summed E-state index contributed by atoms with van der Waals surface area (Å²) in [5.41, 5.74) is 3.12. The van der Waals surface area contributed by atoms with Crippen LogP contribution in [0.4, 0.5) is 0 Å². The van der Waals surface area contributed by atoms with Gasteiger partial charge < -0.3 is 0 Å². The Morgan fingerprint density at radius 3 is 2.68 bits per heavy atom. The van der Waals surface area contributed by atoms with Crippen LogP contribution in [0.25, 0.3) is 5.13 Å². The van der Waals surface area contributed by atoms with Gasteiger partial charge in [-0.15, -0.1) is 11.3 Å². The summed E-state index contributed by atoms with van der Waals surface area (Å²) in [5, 5.41) is 0.974. The number of hydrogen-bond donors (Lipinski definition) is 0. The van der Waals surface area contributed by atoms with E-state index in [4.69, 9.17) is 0 Å². The predicted octanol–water partition coefficient (Wildman–Crippen LogP) is 3.71. The lowest BCUT2D eigenvalue weighted by atomic mass is 9.76. The molecule has 1 aliphatic carbocycles. The van der Waals surface area contributed by atoms with E-state index in [1.54, 1.807) is 11.3 Å². The standard InChI is InChI=1S/C15H18N2OS/c1-9-10(2)19-14(16-9)17-6-5-11-12(17)7-15(3,4)8-13(11)18/h5-6H,7-8H2,1-4H3. The zero-order valence-electron chi connectivity index (χ0n) is 11.8. The average molecular weight is 274 g/mol. The Bertz CT molecular complexity index is 644. The van der Waals surface area contributed by atoms with E-state index in [1.807, 2.05) is 19.2 Å². The number of thiazole rings is 1. The molecule has 0 spiro atoms. The molecule has 0 aliphatic heterocycles. The molecule has 3 rings (SSSR count). The zero-order chi connectivity index (χ0) is 13.8. The number of nitrogens with zero attached hydrogens (tertiary/aromatic N) is 2. The molecule has 0 saturated heterocycles. The molecular weight excluding hydrogens is 256 g/mol. The van der Waals surface area contributed by atoms with E-state index >= 15 is 0 Å². The molecule has 4 heteroatoms. The zero-order valence-corrected chi connectivity index (χ0v) is 12.6. The summed E-state index contributed by atoms with van der Waals surface area (Å²) < 4.78 is 2.10. The monoisotopic (exact) mass is 274 g/mol. The van der Waals surface area contributed by atoms with Crippen molar-refractivity contribution in [2.24, 2.45) is 5.41 Å². The van der Waals surface area contributed by atoms with Gasteiger partial charge in [0.15, 0.2) is 10.9 Å². The number of hydrogen-bond acceptors (Lipinski definition) is 3. The van der Waals surface area contributed by atoms with Crippen molar-refractivity contribution in [2.75, 3.05) is 0 Å². The molecule has 2 heterocycles. The number of carbonyl (C=O) groups excluding carboxylic acids is 1. The third kappa shape index (κ3) is 2.04. The number of fused-ring (bicyclic) bond motifs is 1. The van der Waals surface area contributed by atoms with Crippen molar-refractivity contribution in [3.8, 4) is 5.13 Å². The Morgan fingerprint density at radius 2 is 2.05 bits per heavy atom. The third-order valence-electron chi connectivity index (χ3n) is 3.80. The second-order valence-electron chi connectivity index (χ2n) is 6.13. The van der Waals surface area contributed by atoms with Crippen LogP contribution in [0, 0.1) is 19.3 Å². The van der Waals surface area contributed by atoms with E-state index in [2.05, 4.69) is 30.3 Å². The third-order valence-corrected chi connectivity index (χ3v) is 4.87. The van der Waals surface area contributed by atoms with Crippen LogP contribution in [0.2, 0.25) is 0 Å². The van der Waals surface area contributed by atoms with E-state index in [1.165, 1.54) is 4.88 Å². The number of rotatable bonds is 1. The SMILES string of the molecule is Cc1nc(-n2ccc3c2CC(C)(C)CC3=O)sc1C. The smallest absolute Gasteiger partial charge is 0.194 e. The Morgan fingerprint density at radius 1 is 1.32 bits per heavy atom. The molecule has 0 fully saturated rings. The number of aromatic nitrogens is 2. The molecule has 19 heavy (non-hydrogen) atoms. The van der Waals surface area contributed by atoms with Crippen LogP contribution in [0.3, 0.4) is 0 Å². The summed E-state index contributed by atoms with van der Waals surface area (Å²) in [6.45, 7) is 8.43. The molecule has 0 saturated carbocycles. The maximum atomic E-state index is 12.2. The minimum absolute atomic E-state index is 0.0432. The summed E-state index contributed by atoms with van der Waals surface area (Å²) in [5.74, 6) is 0.259. The molecule has 2 aromatic rings. The van der Waals surface area contributed by atoms with Gasteiger partial charge in [0.2, 0.25) is 0 Å². The van der Waals surface area contributed by atoms with Gasteiger partial charge >= 0.3 is 0 Å². The Labute approximate surface area is 117 Å². The van der Waals surface area contributed by atoms with Gasteiger partial charge in [-0.05, 0) is 31.7 Å². The fourth-order valence-electron chi connectivity index (χ4n) is 2.68. The number of Topliss-reactive ketones (excluding diaryl/α,β-unsaturated/α-hetero) is 1. The molecule has 0 aromatic carbocycles.